The van der Waals surface area contributed by atoms with Gasteiger partial charge in [-0.1, -0.05) is 268 Å². The van der Waals surface area contributed by atoms with Crippen molar-refractivity contribution in [2.45, 2.75) is 329 Å². The number of carbonyl (C=O) groups excluding carboxylic acids is 3. The lowest BCUT2D eigenvalue weighted by Gasteiger charge is -2.18. The predicted molar refractivity (Wildman–Crippen MR) is 302 cm³/mol. The van der Waals surface area contributed by atoms with Crippen LogP contribution in [0.25, 0.3) is 0 Å². The molecule has 0 spiro atoms. The van der Waals surface area contributed by atoms with Gasteiger partial charge in [0.1, 0.15) is 13.2 Å². The maximum absolute atomic E-state index is 12.9. The minimum Gasteiger partial charge on any atom is -0.462 e. The summed E-state index contributed by atoms with van der Waals surface area (Å²) in [5, 5.41) is 0. The Balaban J connectivity index is 4.36. The highest BCUT2D eigenvalue weighted by molar-refractivity contribution is 5.71. The van der Waals surface area contributed by atoms with E-state index in [1.807, 2.05) is 0 Å². The molecule has 0 radical (unpaired) electrons. The quantitative estimate of drug-likeness (QED) is 0.0261. The van der Waals surface area contributed by atoms with Gasteiger partial charge in [0.25, 0.3) is 0 Å². The molecule has 1 atom stereocenters. The number of rotatable bonds is 56. The van der Waals surface area contributed by atoms with E-state index in [1.165, 1.54) is 199 Å². The zero-order valence-electron chi connectivity index (χ0n) is 46.8. The van der Waals surface area contributed by atoms with E-state index in [1.54, 1.807) is 0 Å². The van der Waals surface area contributed by atoms with Gasteiger partial charge in [0.15, 0.2) is 6.10 Å². The number of hydrogen-bond acceptors (Lipinski definition) is 6. The first-order valence-electron chi connectivity index (χ1n) is 30.6. The Morgan fingerprint density at radius 3 is 0.814 bits per heavy atom. The summed E-state index contributed by atoms with van der Waals surface area (Å²) >= 11 is 0. The minimum absolute atomic E-state index is 0.0768. The van der Waals surface area contributed by atoms with Crippen LogP contribution in [0.3, 0.4) is 0 Å². The Bertz CT molecular complexity index is 1220. The summed E-state index contributed by atoms with van der Waals surface area (Å²) in [5.41, 5.74) is 0. The second-order valence-electron chi connectivity index (χ2n) is 20.6. The summed E-state index contributed by atoms with van der Waals surface area (Å²) in [6.07, 6.45) is 72.4. The lowest BCUT2D eigenvalue weighted by Crippen LogP contribution is -2.30. The Morgan fingerprint density at radius 2 is 0.514 bits per heavy atom. The van der Waals surface area contributed by atoms with Gasteiger partial charge in [0.2, 0.25) is 0 Å². The predicted octanol–water partition coefficient (Wildman–Crippen LogP) is 20.6. The number of hydrogen-bond donors (Lipinski definition) is 0. The highest BCUT2D eigenvalue weighted by Crippen LogP contribution is 2.17. The third kappa shape index (κ3) is 56.3. The standard InChI is InChI=1S/C64H116O6/c1-4-7-10-13-16-19-22-25-28-30-32-34-36-39-42-45-48-51-54-57-63(66)69-60-61(59-68-62(65)56-53-50-47-44-41-38-35-27-24-21-18-15-12-9-6-3)70-64(67)58-55-52-49-46-43-40-37-33-31-29-26-23-20-17-14-11-8-5-2/h16,18-19,21,25,27-28,35,61H,4-15,17,20,22-24,26,29-34,36-60H2,1-3H3/b19-16-,21-18-,28-25-,35-27-. The summed E-state index contributed by atoms with van der Waals surface area (Å²) in [6, 6.07) is 0. The number of unbranched alkanes of at least 4 members (excludes halogenated alkanes) is 37. The van der Waals surface area contributed by atoms with E-state index in [0.717, 1.165) is 83.5 Å². The van der Waals surface area contributed by atoms with Crippen molar-refractivity contribution in [1.29, 1.82) is 0 Å². The average Bonchev–Trinajstić information content (AvgIpc) is 3.36. The second kappa shape index (κ2) is 58.9. The first kappa shape index (κ1) is 67.4. The van der Waals surface area contributed by atoms with Crippen molar-refractivity contribution in [3.05, 3.63) is 48.6 Å². The normalized spacial score (nSPS) is 12.3. The first-order valence-corrected chi connectivity index (χ1v) is 30.6. The van der Waals surface area contributed by atoms with Gasteiger partial charge in [0, 0.05) is 19.3 Å². The van der Waals surface area contributed by atoms with Crippen LogP contribution in [0, 0.1) is 0 Å². The Morgan fingerprint density at radius 1 is 0.286 bits per heavy atom. The van der Waals surface area contributed by atoms with Gasteiger partial charge in [-0.15, -0.1) is 0 Å². The Hall–Kier alpha value is -2.63. The lowest BCUT2D eigenvalue weighted by molar-refractivity contribution is -0.167. The third-order valence-corrected chi connectivity index (χ3v) is 13.6. The van der Waals surface area contributed by atoms with E-state index < -0.39 is 6.10 Å². The molecule has 6 heteroatoms. The molecule has 0 saturated carbocycles. The van der Waals surface area contributed by atoms with Crippen molar-refractivity contribution < 1.29 is 28.6 Å². The van der Waals surface area contributed by atoms with Crippen LogP contribution in [0.5, 0.6) is 0 Å². The van der Waals surface area contributed by atoms with E-state index in [-0.39, 0.29) is 31.1 Å². The molecule has 408 valence electrons. The fraction of sp³-hybridized carbons (Fsp3) is 0.828. The molecule has 0 aliphatic rings. The topological polar surface area (TPSA) is 78.9 Å². The molecule has 0 aromatic carbocycles. The summed E-state index contributed by atoms with van der Waals surface area (Å²) in [5.74, 6) is -0.876. The smallest absolute Gasteiger partial charge is 0.306 e. The average molecular weight is 982 g/mol. The van der Waals surface area contributed by atoms with Gasteiger partial charge in [-0.2, -0.15) is 0 Å². The molecule has 0 fully saturated rings. The molecule has 0 amide bonds. The van der Waals surface area contributed by atoms with Crippen molar-refractivity contribution in [1.82, 2.24) is 0 Å². The van der Waals surface area contributed by atoms with Gasteiger partial charge in [-0.3, -0.25) is 14.4 Å². The number of carbonyl (C=O) groups is 3. The van der Waals surface area contributed by atoms with Gasteiger partial charge in [-0.05, 0) is 83.5 Å². The number of ether oxygens (including phenoxy) is 3. The molecular weight excluding hydrogens is 865 g/mol. The maximum Gasteiger partial charge on any atom is 0.306 e. The van der Waals surface area contributed by atoms with Crippen molar-refractivity contribution in [3.8, 4) is 0 Å². The SMILES string of the molecule is CCCCC/C=C\C/C=C\CCCCCCCCCCCC(=O)OCC(COC(=O)CCCCCCC/C=C\C/C=C\CCCCC)OC(=O)CCCCCCCCCCCCCCCCCCCC. The van der Waals surface area contributed by atoms with Crippen molar-refractivity contribution in [3.63, 3.8) is 0 Å². The van der Waals surface area contributed by atoms with E-state index in [0.29, 0.717) is 19.3 Å². The van der Waals surface area contributed by atoms with Crippen LogP contribution >= 0.6 is 0 Å². The van der Waals surface area contributed by atoms with E-state index in [9.17, 15) is 14.4 Å². The zero-order valence-corrected chi connectivity index (χ0v) is 46.8. The van der Waals surface area contributed by atoms with Crippen LogP contribution in [-0.2, 0) is 28.6 Å². The highest BCUT2D eigenvalue weighted by Gasteiger charge is 2.19. The van der Waals surface area contributed by atoms with Crippen molar-refractivity contribution >= 4 is 17.9 Å². The molecule has 0 heterocycles. The Labute approximate surface area is 435 Å². The second-order valence-corrected chi connectivity index (χ2v) is 20.6. The fourth-order valence-electron chi connectivity index (χ4n) is 8.92. The van der Waals surface area contributed by atoms with Crippen LogP contribution in [-0.4, -0.2) is 37.2 Å². The molecule has 0 N–H and O–H groups in total. The number of allylic oxidation sites excluding steroid dienone is 8. The molecule has 0 bridgehead atoms. The molecule has 0 aliphatic heterocycles. The highest BCUT2D eigenvalue weighted by atomic mass is 16.6. The molecular formula is C64H116O6. The van der Waals surface area contributed by atoms with Crippen LogP contribution in [0.4, 0.5) is 0 Å². The molecule has 0 aromatic rings. The molecule has 70 heavy (non-hydrogen) atoms. The lowest BCUT2D eigenvalue weighted by atomic mass is 10.0. The summed E-state index contributed by atoms with van der Waals surface area (Å²) < 4.78 is 16.9. The van der Waals surface area contributed by atoms with E-state index in [4.69, 9.17) is 14.2 Å². The van der Waals surface area contributed by atoms with Gasteiger partial charge < -0.3 is 14.2 Å². The maximum atomic E-state index is 12.9. The summed E-state index contributed by atoms with van der Waals surface area (Å²) in [4.78, 5) is 38.2. The largest absolute Gasteiger partial charge is 0.462 e. The van der Waals surface area contributed by atoms with Crippen LogP contribution in [0.15, 0.2) is 48.6 Å². The molecule has 1 unspecified atom stereocenters. The van der Waals surface area contributed by atoms with Gasteiger partial charge >= 0.3 is 17.9 Å². The number of esters is 3. The molecule has 6 nitrogen and oxygen atoms in total. The minimum atomic E-state index is -0.779. The molecule has 0 rings (SSSR count). The summed E-state index contributed by atoms with van der Waals surface area (Å²) in [6.45, 7) is 6.62. The molecule has 0 saturated heterocycles. The Kier molecular flexibility index (Phi) is 56.7. The van der Waals surface area contributed by atoms with E-state index >= 15 is 0 Å². The fourth-order valence-corrected chi connectivity index (χ4v) is 8.92. The van der Waals surface area contributed by atoms with Gasteiger partial charge in [-0.25, -0.2) is 0 Å². The van der Waals surface area contributed by atoms with E-state index in [2.05, 4.69) is 69.4 Å². The first-order chi connectivity index (χ1) is 34.5. The van der Waals surface area contributed by atoms with Crippen molar-refractivity contribution in [2.75, 3.05) is 13.2 Å². The van der Waals surface area contributed by atoms with Crippen LogP contribution < -0.4 is 0 Å². The third-order valence-electron chi connectivity index (χ3n) is 13.6. The van der Waals surface area contributed by atoms with Crippen molar-refractivity contribution in [2.24, 2.45) is 0 Å². The molecule has 0 aromatic heterocycles. The molecule has 0 aliphatic carbocycles. The van der Waals surface area contributed by atoms with Crippen LogP contribution in [0.1, 0.15) is 323 Å². The zero-order chi connectivity index (χ0) is 50.7. The summed E-state index contributed by atoms with van der Waals surface area (Å²) in [7, 11) is 0. The monoisotopic (exact) mass is 981 g/mol. The van der Waals surface area contributed by atoms with Crippen LogP contribution in [0.2, 0.25) is 0 Å². The van der Waals surface area contributed by atoms with Gasteiger partial charge in [0.05, 0.1) is 0 Å².